The third kappa shape index (κ3) is 6.65. The molecule has 2 amide bonds. The maximum absolute atomic E-state index is 12.7. The summed E-state index contributed by atoms with van der Waals surface area (Å²) in [5.41, 5.74) is -0.0108. The molecular formula is C24H24N2O10. The molecule has 0 saturated heterocycles. The number of methoxy groups -OCH3 is 4. The van der Waals surface area contributed by atoms with E-state index in [1.54, 1.807) is 0 Å². The summed E-state index contributed by atoms with van der Waals surface area (Å²) in [5.74, 6) is -5.85. The van der Waals surface area contributed by atoms with Gasteiger partial charge in [-0.2, -0.15) is 0 Å². The van der Waals surface area contributed by atoms with Gasteiger partial charge in [0.1, 0.15) is 5.92 Å². The molecule has 190 valence electrons. The molecule has 0 aliphatic rings. The topological polar surface area (TPSA) is 163 Å². The van der Waals surface area contributed by atoms with Crippen molar-refractivity contribution in [3.8, 4) is 0 Å². The number of anilines is 2. The Hall–Kier alpha value is -4.74. The van der Waals surface area contributed by atoms with Crippen LogP contribution in [-0.4, -0.2) is 64.1 Å². The fourth-order valence-electron chi connectivity index (χ4n) is 2.96. The van der Waals surface area contributed by atoms with Gasteiger partial charge in [0.25, 0.3) is 0 Å². The Morgan fingerprint density at radius 3 is 1.00 bits per heavy atom. The van der Waals surface area contributed by atoms with Crippen LogP contribution in [0.1, 0.15) is 48.4 Å². The van der Waals surface area contributed by atoms with Gasteiger partial charge in [-0.15, -0.1) is 0 Å². The summed E-state index contributed by atoms with van der Waals surface area (Å²) >= 11 is 0. The Morgan fingerprint density at radius 1 is 0.528 bits per heavy atom. The van der Waals surface area contributed by atoms with Gasteiger partial charge >= 0.3 is 23.9 Å². The first-order chi connectivity index (χ1) is 17.0. The van der Waals surface area contributed by atoms with E-state index in [0.717, 1.165) is 28.4 Å². The molecule has 12 heteroatoms. The van der Waals surface area contributed by atoms with Crippen LogP contribution in [-0.2, 0) is 28.5 Å². The fourth-order valence-corrected chi connectivity index (χ4v) is 2.96. The van der Waals surface area contributed by atoms with Crippen LogP contribution in [0.3, 0.4) is 0 Å². The minimum Gasteiger partial charge on any atom is -0.465 e. The van der Waals surface area contributed by atoms with E-state index in [2.05, 4.69) is 29.6 Å². The standard InChI is InChI=1S/C24H24N2O10/c1-12(19(27)25-17-8-13(21(29)33-2)6-14(9-17)22(30)34-3)20(28)26-18-10-15(23(31)35-4)7-16(11-18)24(32)36-5/h6-12H,1-5H3,(H,25,27)(H,26,28). The van der Waals surface area contributed by atoms with Crippen molar-refractivity contribution < 1.29 is 47.7 Å². The van der Waals surface area contributed by atoms with Gasteiger partial charge in [-0.1, -0.05) is 0 Å². The van der Waals surface area contributed by atoms with Crippen molar-refractivity contribution in [3.63, 3.8) is 0 Å². The van der Waals surface area contributed by atoms with Crippen molar-refractivity contribution in [2.75, 3.05) is 39.1 Å². The first kappa shape index (κ1) is 27.5. The van der Waals surface area contributed by atoms with Crippen molar-refractivity contribution >= 4 is 47.1 Å². The van der Waals surface area contributed by atoms with Crippen LogP contribution < -0.4 is 10.6 Å². The number of hydrogen-bond donors (Lipinski definition) is 2. The smallest absolute Gasteiger partial charge is 0.337 e. The molecular weight excluding hydrogens is 476 g/mol. The molecule has 2 N–H and O–H groups in total. The van der Waals surface area contributed by atoms with Crippen LogP contribution in [0, 0.1) is 5.92 Å². The van der Waals surface area contributed by atoms with Crippen molar-refractivity contribution in [2.45, 2.75) is 6.92 Å². The number of esters is 4. The van der Waals surface area contributed by atoms with E-state index in [0.29, 0.717) is 0 Å². The highest BCUT2D eigenvalue weighted by Gasteiger charge is 2.24. The normalized spacial score (nSPS) is 10.2. The van der Waals surface area contributed by atoms with E-state index in [9.17, 15) is 28.8 Å². The van der Waals surface area contributed by atoms with Crippen LogP contribution in [0.25, 0.3) is 0 Å². The molecule has 0 atom stereocenters. The number of carbonyl (C=O) groups is 6. The predicted octanol–water partition coefficient (Wildman–Crippen LogP) is 2.05. The predicted molar refractivity (Wildman–Crippen MR) is 125 cm³/mol. The van der Waals surface area contributed by atoms with Crippen LogP contribution in [0.2, 0.25) is 0 Å². The quantitative estimate of drug-likeness (QED) is 0.311. The van der Waals surface area contributed by atoms with E-state index >= 15 is 0 Å². The summed E-state index contributed by atoms with van der Waals surface area (Å²) in [4.78, 5) is 73.2. The second-order valence-corrected chi connectivity index (χ2v) is 7.26. The lowest BCUT2D eigenvalue weighted by atomic mass is 10.1. The lowest BCUT2D eigenvalue weighted by molar-refractivity contribution is -0.128. The third-order valence-corrected chi connectivity index (χ3v) is 4.87. The SMILES string of the molecule is COC(=O)c1cc(NC(=O)C(C)C(=O)Nc2cc(C(=O)OC)cc(C(=O)OC)c2)cc(C(=O)OC)c1. The van der Waals surface area contributed by atoms with Crippen LogP contribution in [0.5, 0.6) is 0 Å². The van der Waals surface area contributed by atoms with Gasteiger partial charge < -0.3 is 29.6 Å². The average molecular weight is 500 g/mol. The van der Waals surface area contributed by atoms with Crippen LogP contribution >= 0.6 is 0 Å². The average Bonchev–Trinajstić information content (AvgIpc) is 2.89. The number of ether oxygens (including phenoxy) is 4. The fraction of sp³-hybridized carbons (Fsp3) is 0.250. The summed E-state index contributed by atoms with van der Waals surface area (Å²) in [6.07, 6.45) is 0. The molecule has 12 nitrogen and oxygen atoms in total. The Kier molecular flexibility index (Phi) is 9.25. The molecule has 0 heterocycles. The monoisotopic (exact) mass is 500 g/mol. The second kappa shape index (κ2) is 12.1. The highest BCUT2D eigenvalue weighted by Crippen LogP contribution is 2.20. The number of hydrogen-bond acceptors (Lipinski definition) is 10. The zero-order chi connectivity index (χ0) is 27.0. The highest BCUT2D eigenvalue weighted by molar-refractivity contribution is 6.11. The Bertz CT molecular complexity index is 1060. The molecule has 0 radical (unpaired) electrons. The van der Waals surface area contributed by atoms with E-state index in [1.165, 1.54) is 43.3 Å². The number of rotatable bonds is 8. The summed E-state index contributed by atoms with van der Waals surface area (Å²) < 4.78 is 18.6. The minimum absolute atomic E-state index is 0.0252. The molecule has 0 fully saturated rings. The molecule has 0 bridgehead atoms. The molecule has 0 saturated carbocycles. The minimum atomic E-state index is -1.28. The Morgan fingerprint density at radius 2 is 0.778 bits per heavy atom. The van der Waals surface area contributed by atoms with Gasteiger partial charge in [-0.3, -0.25) is 9.59 Å². The van der Waals surface area contributed by atoms with E-state index < -0.39 is 41.6 Å². The number of nitrogens with one attached hydrogen (secondary N) is 2. The molecule has 0 spiro atoms. The van der Waals surface area contributed by atoms with Crippen LogP contribution in [0.4, 0.5) is 11.4 Å². The molecule has 36 heavy (non-hydrogen) atoms. The molecule has 0 aromatic heterocycles. The Labute approximate surface area is 205 Å². The van der Waals surface area contributed by atoms with Crippen molar-refractivity contribution in [1.29, 1.82) is 0 Å². The van der Waals surface area contributed by atoms with Gasteiger partial charge in [0.2, 0.25) is 11.8 Å². The first-order valence-electron chi connectivity index (χ1n) is 10.3. The van der Waals surface area contributed by atoms with Gasteiger partial charge in [0.05, 0.1) is 50.7 Å². The second-order valence-electron chi connectivity index (χ2n) is 7.26. The maximum atomic E-state index is 12.7. The van der Waals surface area contributed by atoms with Gasteiger partial charge in [-0.25, -0.2) is 19.2 Å². The molecule has 0 unspecified atom stereocenters. The van der Waals surface area contributed by atoms with Gasteiger partial charge in [0, 0.05) is 11.4 Å². The van der Waals surface area contributed by atoms with E-state index in [-0.39, 0.29) is 33.6 Å². The third-order valence-electron chi connectivity index (χ3n) is 4.87. The van der Waals surface area contributed by atoms with E-state index in [4.69, 9.17) is 0 Å². The first-order valence-corrected chi connectivity index (χ1v) is 10.3. The summed E-state index contributed by atoms with van der Waals surface area (Å²) in [6.45, 7) is 1.31. The Balaban J connectivity index is 2.27. The molecule has 2 aromatic carbocycles. The lowest BCUT2D eigenvalue weighted by Gasteiger charge is -2.15. The van der Waals surface area contributed by atoms with Crippen molar-refractivity contribution in [1.82, 2.24) is 0 Å². The number of amides is 2. The van der Waals surface area contributed by atoms with E-state index in [1.807, 2.05) is 0 Å². The number of benzene rings is 2. The summed E-state index contributed by atoms with van der Waals surface area (Å²) in [6, 6.07) is 7.53. The molecule has 0 aliphatic carbocycles. The summed E-state index contributed by atoms with van der Waals surface area (Å²) in [5, 5.41) is 4.92. The largest absolute Gasteiger partial charge is 0.465 e. The van der Waals surface area contributed by atoms with Crippen molar-refractivity contribution in [3.05, 3.63) is 58.7 Å². The van der Waals surface area contributed by atoms with Gasteiger partial charge in [0.15, 0.2) is 0 Å². The zero-order valence-electron chi connectivity index (χ0n) is 20.1. The van der Waals surface area contributed by atoms with Crippen LogP contribution in [0.15, 0.2) is 36.4 Å². The lowest BCUT2D eigenvalue weighted by Crippen LogP contribution is -2.32. The molecule has 2 aromatic rings. The molecule has 2 rings (SSSR count). The van der Waals surface area contributed by atoms with Crippen molar-refractivity contribution in [2.24, 2.45) is 5.92 Å². The summed E-state index contributed by atoms with van der Waals surface area (Å²) in [7, 11) is 4.61. The number of carbonyl (C=O) groups excluding carboxylic acids is 6. The highest BCUT2D eigenvalue weighted by atomic mass is 16.5. The van der Waals surface area contributed by atoms with Gasteiger partial charge in [-0.05, 0) is 43.3 Å². The zero-order valence-corrected chi connectivity index (χ0v) is 20.1. The maximum Gasteiger partial charge on any atom is 0.337 e. The molecule has 0 aliphatic heterocycles.